The predicted octanol–water partition coefficient (Wildman–Crippen LogP) is 2.52. The number of hydrogen-bond acceptors (Lipinski definition) is 3. The van der Waals surface area contributed by atoms with E-state index in [-0.39, 0.29) is 5.97 Å². The Kier molecular flexibility index (Phi) is 4.25. The highest BCUT2D eigenvalue weighted by molar-refractivity contribution is 6.30. The van der Waals surface area contributed by atoms with E-state index >= 15 is 0 Å². The SMILES string of the molecule is CCOC(=O)C1(c2cccc(Cl)c2)CCNCC1. The smallest absolute Gasteiger partial charge is 0.316 e. The van der Waals surface area contributed by atoms with E-state index in [0.29, 0.717) is 11.6 Å². The molecule has 0 aromatic heterocycles. The standard InChI is InChI=1S/C14H18ClNO2/c1-2-18-13(17)14(6-8-16-9-7-14)11-4-3-5-12(15)10-11/h3-5,10,16H,2,6-9H2,1H3. The molecule has 2 rings (SSSR count). The molecule has 1 saturated heterocycles. The quantitative estimate of drug-likeness (QED) is 0.856. The van der Waals surface area contributed by atoms with E-state index in [1.54, 1.807) is 0 Å². The van der Waals surface area contributed by atoms with Gasteiger partial charge in [-0.1, -0.05) is 23.7 Å². The molecular formula is C14H18ClNO2. The molecule has 0 bridgehead atoms. The van der Waals surface area contributed by atoms with Crippen LogP contribution >= 0.6 is 11.6 Å². The highest BCUT2D eigenvalue weighted by Crippen LogP contribution is 2.36. The molecule has 1 heterocycles. The first kappa shape index (κ1) is 13.4. The van der Waals surface area contributed by atoms with Crippen LogP contribution in [0.4, 0.5) is 0 Å². The van der Waals surface area contributed by atoms with Gasteiger partial charge in [0.15, 0.2) is 0 Å². The fourth-order valence-electron chi connectivity index (χ4n) is 2.52. The van der Waals surface area contributed by atoms with Crippen molar-refractivity contribution in [1.29, 1.82) is 0 Å². The van der Waals surface area contributed by atoms with E-state index in [9.17, 15) is 4.79 Å². The van der Waals surface area contributed by atoms with Gasteiger partial charge in [-0.05, 0) is 50.6 Å². The molecule has 0 aliphatic carbocycles. The van der Waals surface area contributed by atoms with Crippen molar-refractivity contribution in [3.05, 3.63) is 34.9 Å². The summed E-state index contributed by atoms with van der Waals surface area (Å²) in [5.41, 5.74) is 0.432. The molecule has 3 nitrogen and oxygen atoms in total. The van der Waals surface area contributed by atoms with Crippen molar-refractivity contribution in [1.82, 2.24) is 5.32 Å². The number of ether oxygens (including phenoxy) is 1. The van der Waals surface area contributed by atoms with E-state index in [1.165, 1.54) is 0 Å². The van der Waals surface area contributed by atoms with E-state index in [0.717, 1.165) is 31.5 Å². The van der Waals surface area contributed by atoms with Crippen LogP contribution in [0.5, 0.6) is 0 Å². The zero-order valence-corrected chi connectivity index (χ0v) is 11.3. The molecule has 0 radical (unpaired) electrons. The third-order valence-electron chi connectivity index (χ3n) is 3.50. The molecule has 1 fully saturated rings. The van der Waals surface area contributed by atoms with Gasteiger partial charge in [0.1, 0.15) is 0 Å². The second kappa shape index (κ2) is 5.72. The van der Waals surface area contributed by atoms with Gasteiger partial charge < -0.3 is 10.1 Å². The van der Waals surface area contributed by atoms with Crippen LogP contribution in [0.1, 0.15) is 25.3 Å². The monoisotopic (exact) mass is 267 g/mol. The van der Waals surface area contributed by atoms with Crippen LogP contribution in [0.2, 0.25) is 5.02 Å². The number of benzene rings is 1. The minimum absolute atomic E-state index is 0.131. The lowest BCUT2D eigenvalue weighted by Gasteiger charge is -2.35. The summed E-state index contributed by atoms with van der Waals surface area (Å²) in [5, 5.41) is 3.94. The average Bonchev–Trinajstić information content (AvgIpc) is 2.40. The Balaban J connectivity index is 2.38. The Morgan fingerprint density at radius 3 is 2.78 bits per heavy atom. The van der Waals surface area contributed by atoms with Gasteiger partial charge in [-0.25, -0.2) is 0 Å². The Labute approximate surface area is 112 Å². The number of nitrogens with one attached hydrogen (secondary N) is 1. The van der Waals surface area contributed by atoms with Gasteiger partial charge in [0.05, 0.1) is 12.0 Å². The lowest BCUT2D eigenvalue weighted by atomic mass is 9.73. The third-order valence-corrected chi connectivity index (χ3v) is 3.74. The zero-order chi connectivity index (χ0) is 13.0. The Hall–Kier alpha value is -1.06. The number of rotatable bonds is 3. The summed E-state index contributed by atoms with van der Waals surface area (Å²) >= 11 is 6.04. The summed E-state index contributed by atoms with van der Waals surface area (Å²) in [6, 6.07) is 7.56. The molecule has 1 aliphatic heterocycles. The topological polar surface area (TPSA) is 38.3 Å². The van der Waals surface area contributed by atoms with E-state index in [4.69, 9.17) is 16.3 Å². The van der Waals surface area contributed by atoms with Crippen LogP contribution in [-0.2, 0) is 14.9 Å². The van der Waals surface area contributed by atoms with Crippen molar-refractivity contribution < 1.29 is 9.53 Å². The molecular weight excluding hydrogens is 250 g/mol. The molecule has 0 saturated carbocycles. The maximum Gasteiger partial charge on any atom is 0.316 e. The van der Waals surface area contributed by atoms with Crippen LogP contribution in [0.25, 0.3) is 0 Å². The predicted molar refractivity (Wildman–Crippen MR) is 71.9 cm³/mol. The molecule has 0 atom stereocenters. The number of hydrogen-bond donors (Lipinski definition) is 1. The van der Waals surface area contributed by atoms with Gasteiger partial charge >= 0.3 is 5.97 Å². The van der Waals surface area contributed by atoms with Gasteiger partial charge in [0, 0.05) is 5.02 Å². The van der Waals surface area contributed by atoms with E-state index in [2.05, 4.69) is 5.32 Å². The molecule has 1 aliphatic rings. The second-order valence-electron chi connectivity index (χ2n) is 4.56. The lowest BCUT2D eigenvalue weighted by molar-refractivity contribution is -0.151. The molecule has 1 aromatic carbocycles. The van der Waals surface area contributed by atoms with Crippen LogP contribution in [0.15, 0.2) is 24.3 Å². The summed E-state index contributed by atoms with van der Waals surface area (Å²) in [7, 11) is 0. The summed E-state index contributed by atoms with van der Waals surface area (Å²) in [6.07, 6.45) is 1.51. The van der Waals surface area contributed by atoms with Crippen molar-refractivity contribution in [3.8, 4) is 0 Å². The average molecular weight is 268 g/mol. The fraction of sp³-hybridized carbons (Fsp3) is 0.500. The van der Waals surface area contributed by atoms with Gasteiger partial charge in [0.2, 0.25) is 0 Å². The van der Waals surface area contributed by atoms with Crippen molar-refractivity contribution in [2.45, 2.75) is 25.2 Å². The number of piperidine rings is 1. The summed E-state index contributed by atoms with van der Waals surface area (Å²) in [4.78, 5) is 12.3. The van der Waals surface area contributed by atoms with Gasteiger partial charge in [-0.15, -0.1) is 0 Å². The highest BCUT2D eigenvalue weighted by Gasteiger charge is 2.42. The van der Waals surface area contributed by atoms with Crippen LogP contribution in [0.3, 0.4) is 0 Å². The Morgan fingerprint density at radius 1 is 1.44 bits per heavy atom. The molecule has 0 spiro atoms. The summed E-state index contributed by atoms with van der Waals surface area (Å²) < 4.78 is 5.27. The maximum absolute atomic E-state index is 12.3. The maximum atomic E-state index is 12.3. The zero-order valence-electron chi connectivity index (χ0n) is 10.5. The van der Waals surface area contributed by atoms with Gasteiger partial charge in [-0.3, -0.25) is 4.79 Å². The molecule has 0 amide bonds. The number of carbonyl (C=O) groups excluding carboxylic acids is 1. The van der Waals surface area contributed by atoms with Gasteiger partial charge in [0.25, 0.3) is 0 Å². The summed E-state index contributed by atoms with van der Waals surface area (Å²) in [6.45, 7) is 3.90. The number of esters is 1. The Bertz CT molecular complexity index is 428. The first-order valence-corrected chi connectivity index (χ1v) is 6.71. The lowest BCUT2D eigenvalue weighted by Crippen LogP contribution is -2.46. The molecule has 1 aromatic rings. The molecule has 98 valence electrons. The second-order valence-corrected chi connectivity index (χ2v) is 5.00. The largest absolute Gasteiger partial charge is 0.465 e. The Morgan fingerprint density at radius 2 is 2.17 bits per heavy atom. The first-order chi connectivity index (χ1) is 8.69. The summed E-state index contributed by atoms with van der Waals surface area (Å²) in [5.74, 6) is -0.131. The molecule has 4 heteroatoms. The van der Waals surface area contributed by atoms with E-state index < -0.39 is 5.41 Å². The minimum Gasteiger partial charge on any atom is -0.465 e. The van der Waals surface area contributed by atoms with Crippen molar-refractivity contribution in [3.63, 3.8) is 0 Å². The highest BCUT2D eigenvalue weighted by atomic mass is 35.5. The van der Waals surface area contributed by atoms with E-state index in [1.807, 2.05) is 31.2 Å². The molecule has 18 heavy (non-hydrogen) atoms. The van der Waals surface area contributed by atoms with Crippen LogP contribution in [0, 0.1) is 0 Å². The third kappa shape index (κ3) is 2.52. The van der Waals surface area contributed by atoms with Crippen molar-refractivity contribution in [2.75, 3.05) is 19.7 Å². The van der Waals surface area contributed by atoms with Crippen LogP contribution < -0.4 is 5.32 Å². The first-order valence-electron chi connectivity index (χ1n) is 6.33. The molecule has 0 unspecified atom stereocenters. The van der Waals surface area contributed by atoms with Crippen molar-refractivity contribution in [2.24, 2.45) is 0 Å². The minimum atomic E-state index is -0.536. The van der Waals surface area contributed by atoms with Crippen molar-refractivity contribution >= 4 is 17.6 Å². The van der Waals surface area contributed by atoms with Crippen LogP contribution in [-0.4, -0.2) is 25.7 Å². The fourth-order valence-corrected chi connectivity index (χ4v) is 2.71. The number of halogens is 1. The normalized spacial score (nSPS) is 18.3. The molecule has 1 N–H and O–H groups in total. The number of carbonyl (C=O) groups is 1. The van der Waals surface area contributed by atoms with Gasteiger partial charge in [-0.2, -0.15) is 0 Å².